The van der Waals surface area contributed by atoms with Crippen LogP contribution in [0.2, 0.25) is 0 Å². The van der Waals surface area contributed by atoms with Gasteiger partial charge in [0.15, 0.2) is 0 Å². The third-order valence-corrected chi connectivity index (χ3v) is 3.19. The first-order valence-electron chi connectivity index (χ1n) is 5.61. The van der Waals surface area contributed by atoms with Gasteiger partial charge in [-0.15, -0.1) is 0 Å². The molecule has 1 aliphatic rings. The van der Waals surface area contributed by atoms with Gasteiger partial charge >= 0.3 is 0 Å². The Morgan fingerprint density at radius 1 is 1.53 bits per heavy atom. The zero-order valence-electron chi connectivity index (χ0n) is 9.29. The van der Waals surface area contributed by atoms with Crippen LogP contribution in [0, 0.1) is 12.3 Å². The van der Waals surface area contributed by atoms with Crippen LogP contribution in [-0.4, -0.2) is 18.1 Å². The van der Waals surface area contributed by atoms with Crippen molar-refractivity contribution in [2.45, 2.75) is 26.2 Å². The molecule has 2 rings (SSSR count). The van der Waals surface area contributed by atoms with Crippen LogP contribution >= 0.6 is 0 Å². The molecule has 1 aromatic rings. The van der Waals surface area contributed by atoms with Crippen LogP contribution in [0.5, 0.6) is 0 Å². The first-order valence-corrected chi connectivity index (χ1v) is 5.61. The molecule has 0 amide bonds. The first kappa shape index (κ1) is 10.4. The Hall–Kier alpha value is -1.09. The van der Waals surface area contributed by atoms with Crippen molar-refractivity contribution in [3.63, 3.8) is 0 Å². The fourth-order valence-corrected chi connectivity index (χ4v) is 1.91. The van der Waals surface area contributed by atoms with Crippen molar-refractivity contribution >= 4 is 5.82 Å². The lowest BCUT2D eigenvalue weighted by Crippen LogP contribution is -2.19. The van der Waals surface area contributed by atoms with E-state index in [1.807, 2.05) is 12.3 Å². The van der Waals surface area contributed by atoms with Crippen LogP contribution in [0.15, 0.2) is 18.3 Å². The molecular weight excluding hydrogens is 186 g/mol. The van der Waals surface area contributed by atoms with Crippen molar-refractivity contribution < 1.29 is 0 Å². The highest BCUT2D eigenvalue weighted by molar-refractivity contribution is 5.37. The average Bonchev–Trinajstić information content (AvgIpc) is 2.97. The summed E-state index contributed by atoms with van der Waals surface area (Å²) < 4.78 is 0. The molecule has 1 saturated carbocycles. The summed E-state index contributed by atoms with van der Waals surface area (Å²) in [7, 11) is 0. The van der Waals surface area contributed by atoms with Crippen molar-refractivity contribution in [1.82, 2.24) is 4.98 Å². The van der Waals surface area contributed by atoms with Gasteiger partial charge in [0.25, 0.3) is 0 Å². The Labute approximate surface area is 91.1 Å². The summed E-state index contributed by atoms with van der Waals surface area (Å²) in [5.74, 6) is 0.985. The summed E-state index contributed by atoms with van der Waals surface area (Å²) >= 11 is 0. The lowest BCUT2D eigenvalue weighted by atomic mass is 10.0. The van der Waals surface area contributed by atoms with Gasteiger partial charge < -0.3 is 11.1 Å². The van der Waals surface area contributed by atoms with Crippen LogP contribution in [0.3, 0.4) is 0 Å². The number of pyridine rings is 1. The van der Waals surface area contributed by atoms with E-state index < -0.39 is 0 Å². The number of hydrogen-bond acceptors (Lipinski definition) is 3. The lowest BCUT2D eigenvalue weighted by molar-refractivity contribution is 0.500. The van der Waals surface area contributed by atoms with Gasteiger partial charge in [-0.05, 0) is 55.8 Å². The van der Waals surface area contributed by atoms with Gasteiger partial charge in [0.05, 0.1) is 0 Å². The molecule has 3 N–H and O–H groups in total. The monoisotopic (exact) mass is 205 g/mol. The molecule has 0 spiro atoms. The number of nitrogens with zero attached hydrogens (tertiary/aromatic N) is 1. The molecule has 3 heteroatoms. The van der Waals surface area contributed by atoms with E-state index in [0.29, 0.717) is 5.41 Å². The molecule has 0 atom stereocenters. The minimum atomic E-state index is 0.472. The van der Waals surface area contributed by atoms with E-state index in [9.17, 15) is 0 Å². The normalized spacial score (nSPS) is 17.5. The van der Waals surface area contributed by atoms with E-state index in [-0.39, 0.29) is 0 Å². The van der Waals surface area contributed by atoms with Gasteiger partial charge in [0, 0.05) is 12.7 Å². The highest BCUT2D eigenvalue weighted by Gasteiger charge is 2.41. The number of nitrogens with two attached hydrogens (primary N) is 1. The van der Waals surface area contributed by atoms with Gasteiger partial charge in [0.1, 0.15) is 5.82 Å². The van der Waals surface area contributed by atoms with Gasteiger partial charge in [-0.3, -0.25) is 0 Å². The van der Waals surface area contributed by atoms with E-state index in [4.69, 9.17) is 5.73 Å². The first-order chi connectivity index (χ1) is 7.24. The molecule has 0 saturated heterocycles. The number of hydrogen-bond donors (Lipinski definition) is 2. The molecule has 15 heavy (non-hydrogen) atoms. The maximum Gasteiger partial charge on any atom is 0.126 e. The molecular formula is C12H19N3. The largest absolute Gasteiger partial charge is 0.370 e. The van der Waals surface area contributed by atoms with Crippen LogP contribution in [0.4, 0.5) is 5.82 Å². The Kier molecular flexibility index (Phi) is 2.91. The molecule has 0 radical (unpaired) electrons. The Morgan fingerprint density at radius 2 is 2.33 bits per heavy atom. The maximum atomic E-state index is 5.60. The smallest absolute Gasteiger partial charge is 0.126 e. The van der Waals surface area contributed by atoms with Crippen molar-refractivity contribution in [1.29, 1.82) is 0 Å². The van der Waals surface area contributed by atoms with Crippen molar-refractivity contribution in [2.24, 2.45) is 11.1 Å². The molecule has 1 heterocycles. The summed E-state index contributed by atoms with van der Waals surface area (Å²) in [6.07, 6.45) is 5.60. The summed E-state index contributed by atoms with van der Waals surface area (Å²) in [6, 6.07) is 4.09. The Balaban J connectivity index is 1.88. The van der Waals surface area contributed by atoms with Crippen molar-refractivity contribution in [2.75, 3.05) is 18.4 Å². The predicted octanol–water partition coefficient (Wildman–Crippen LogP) is 1.93. The number of aromatic nitrogens is 1. The molecule has 1 aliphatic carbocycles. The second-order valence-corrected chi connectivity index (χ2v) is 4.61. The molecule has 1 fully saturated rings. The quantitative estimate of drug-likeness (QED) is 0.772. The van der Waals surface area contributed by atoms with Crippen LogP contribution < -0.4 is 11.1 Å². The van der Waals surface area contributed by atoms with Crippen LogP contribution in [0.25, 0.3) is 0 Å². The summed E-state index contributed by atoms with van der Waals surface area (Å²) in [6.45, 7) is 3.89. The number of nitrogens with one attached hydrogen (secondary N) is 1. The standard InChI is InChI=1S/C12H19N3/c1-10-2-7-14-11(8-10)15-9-12(3-4-12)5-6-13/h2,7-8H,3-6,9,13H2,1H3,(H,14,15). The summed E-state index contributed by atoms with van der Waals surface area (Å²) in [5, 5.41) is 3.41. The van der Waals surface area contributed by atoms with Gasteiger partial charge in [-0.2, -0.15) is 0 Å². The summed E-state index contributed by atoms with van der Waals surface area (Å²) in [5.41, 5.74) is 7.32. The highest BCUT2D eigenvalue weighted by Crippen LogP contribution is 2.48. The maximum absolute atomic E-state index is 5.60. The molecule has 1 aromatic heterocycles. The minimum absolute atomic E-state index is 0.472. The van der Waals surface area contributed by atoms with Gasteiger partial charge in [0.2, 0.25) is 0 Å². The van der Waals surface area contributed by atoms with E-state index in [1.54, 1.807) is 0 Å². The lowest BCUT2D eigenvalue weighted by Gasteiger charge is -2.15. The Morgan fingerprint density at radius 3 is 2.93 bits per heavy atom. The van der Waals surface area contributed by atoms with Crippen LogP contribution in [0.1, 0.15) is 24.8 Å². The number of rotatable bonds is 5. The number of aryl methyl sites for hydroxylation is 1. The molecule has 0 aliphatic heterocycles. The molecule has 0 bridgehead atoms. The third-order valence-electron chi connectivity index (χ3n) is 3.19. The van der Waals surface area contributed by atoms with Crippen LogP contribution in [-0.2, 0) is 0 Å². The minimum Gasteiger partial charge on any atom is -0.370 e. The van der Waals surface area contributed by atoms with Gasteiger partial charge in [-0.25, -0.2) is 4.98 Å². The number of anilines is 1. The molecule has 0 aromatic carbocycles. The van der Waals surface area contributed by atoms with E-state index in [1.165, 1.54) is 18.4 Å². The topological polar surface area (TPSA) is 50.9 Å². The van der Waals surface area contributed by atoms with E-state index in [2.05, 4.69) is 23.3 Å². The van der Waals surface area contributed by atoms with E-state index >= 15 is 0 Å². The zero-order valence-corrected chi connectivity index (χ0v) is 9.29. The summed E-state index contributed by atoms with van der Waals surface area (Å²) in [4.78, 5) is 4.29. The van der Waals surface area contributed by atoms with Crippen molar-refractivity contribution in [3.8, 4) is 0 Å². The van der Waals surface area contributed by atoms with E-state index in [0.717, 1.165) is 25.3 Å². The second-order valence-electron chi connectivity index (χ2n) is 4.61. The predicted molar refractivity (Wildman–Crippen MR) is 62.8 cm³/mol. The highest BCUT2D eigenvalue weighted by atomic mass is 15.0. The van der Waals surface area contributed by atoms with Gasteiger partial charge in [-0.1, -0.05) is 0 Å². The Bertz CT molecular complexity index is 331. The fraction of sp³-hybridized carbons (Fsp3) is 0.583. The SMILES string of the molecule is Cc1ccnc(NCC2(CCN)CC2)c1. The second kappa shape index (κ2) is 4.19. The zero-order chi connectivity index (χ0) is 10.7. The molecule has 0 unspecified atom stereocenters. The third kappa shape index (κ3) is 2.69. The fourth-order valence-electron chi connectivity index (χ4n) is 1.91. The molecule has 3 nitrogen and oxygen atoms in total. The average molecular weight is 205 g/mol. The van der Waals surface area contributed by atoms with Crippen molar-refractivity contribution in [3.05, 3.63) is 23.9 Å². The molecule has 82 valence electrons.